The third kappa shape index (κ3) is 2.38. The fourth-order valence-electron chi connectivity index (χ4n) is 2.83. The molecule has 2 aliphatic rings. The Hall–Kier alpha value is -1.71. The van der Waals surface area contributed by atoms with Crippen LogP contribution in [0.5, 0.6) is 0 Å². The number of hydrogen-bond donors (Lipinski definition) is 0. The third-order valence-electron chi connectivity index (χ3n) is 4.12. The zero-order valence-electron chi connectivity index (χ0n) is 12.8. The van der Waals surface area contributed by atoms with Crippen LogP contribution in [-0.2, 0) is 9.47 Å². The van der Waals surface area contributed by atoms with Crippen LogP contribution < -0.4 is 4.90 Å². The number of halogens is 2. The van der Waals surface area contributed by atoms with Crippen LogP contribution in [0.4, 0.5) is 19.4 Å². The predicted molar refractivity (Wildman–Crippen MR) is 83.0 cm³/mol. The van der Waals surface area contributed by atoms with Crippen molar-refractivity contribution in [2.45, 2.75) is 24.9 Å². The van der Waals surface area contributed by atoms with Crippen molar-refractivity contribution in [3.05, 3.63) is 23.3 Å². The minimum atomic E-state index is -1.16. The van der Waals surface area contributed by atoms with Crippen LogP contribution in [0.3, 0.4) is 0 Å². The summed E-state index contributed by atoms with van der Waals surface area (Å²) in [6, 6.07) is 1.38. The van der Waals surface area contributed by atoms with Crippen molar-refractivity contribution in [1.82, 2.24) is 5.16 Å². The van der Waals surface area contributed by atoms with Crippen molar-refractivity contribution in [1.29, 1.82) is 0 Å². The highest BCUT2D eigenvalue weighted by Gasteiger charge is 2.35. The number of anilines is 1. The highest BCUT2D eigenvalue weighted by molar-refractivity contribution is 8.14. The molecular formula is C15H14F2N2O4S. The number of nitrogens with zero attached hydrogens (tertiary/aromatic N) is 2. The molecule has 9 heteroatoms. The Kier molecular flexibility index (Phi) is 3.93. The molecule has 0 spiro atoms. The summed E-state index contributed by atoms with van der Waals surface area (Å²) < 4.78 is 44.1. The molecule has 0 saturated carbocycles. The first kappa shape index (κ1) is 15.8. The number of rotatable bonds is 3. The van der Waals surface area contributed by atoms with Gasteiger partial charge in [0.25, 0.3) is 5.24 Å². The molecular weight excluding hydrogens is 342 g/mol. The van der Waals surface area contributed by atoms with Crippen LogP contribution in [0.15, 0.2) is 10.6 Å². The number of amides is 1. The summed E-state index contributed by atoms with van der Waals surface area (Å²) in [5.41, 5.74) is -0.379. The summed E-state index contributed by atoms with van der Waals surface area (Å²) in [6.45, 7) is 3.04. The van der Waals surface area contributed by atoms with Crippen molar-refractivity contribution in [2.75, 3.05) is 24.7 Å². The number of fused-ring (bicyclic) bond motifs is 1. The van der Waals surface area contributed by atoms with Gasteiger partial charge in [-0.1, -0.05) is 23.8 Å². The minimum Gasteiger partial charge on any atom is -0.351 e. The number of hydrogen-bond acceptors (Lipinski definition) is 6. The van der Waals surface area contributed by atoms with Crippen LogP contribution in [0.1, 0.15) is 25.2 Å². The summed E-state index contributed by atoms with van der Waals surface area (Å²) in [6.07, 6.45) is -0.153. The van der Waals surface area contributed by atoms with Crippen molar-refractivity contribution in [2.24, 2.45) is 0 Å². The van der Waals surface area contributed by atoms with Gasteiger partial charge in [0.15, 0.2) is 17.9 Å². The first-order valence-corrected chi connectivity index (χ1v) is 8.46. The van der Waals surface area contributed by atoms with Crippen molar-refractivity contribution >= 4 is 33.8 Å². The first-order valence-electron chi connectivity index (χ1n) is 7.58. The van der Waals surface area contributed by atoms with Gasteiger partial charge in [0.2, 0.25) is 11.4 Å². The fourth-order valence-corrected chi connectivity index (χ4v) is 3.80. The third-order valence-corrected chi connectivity index (χ3v) is 5.35. The lowest BCUT2D eigenvalue weighted by Crippen LogP contribution is -2.24. The lowest BCUT2D eigenvalue weighted by molar-refractivity contribution is -0.0467. The molecule has 1 aromatic heterocycles. The summed E-state index contributed by atoms with van der Waals surface area (Å²) in [4.78, 5) is 13.6. The maximum Gasteiger partial charge on any atom is 0.287 e. The number of benzene rings is 1. The van der Waals surface area contributed by atoms with Gasteiger partial charge >= 0.3 is 0 Å². The van der Waals surface area contributed by atoms with Gasteiger partial charge in [-0.15, -0.1) is 0 Å². The SMILES string of the molecule is CC[C@@H]1CN(c2noc3c(F)c(F)c(C4OCCO4)cc23)C(=O)S1. The minimum absolute atomic E-state index is 0.0618. The molecule has 1 amide bonds. The molecule has 6 nitrogen and oxygen atoms in total. The highest BCUT2D eigenvalue weighted by Crippen LogP contribution is 2.39. The second-order valence-electron chi connectivity index (χ2n) is 5.57. The van der Waals surface area contributed by atoms with Crippen LogP contribution in [-0.4, -0.2) is 35.4 Å². The van der Waals surface area contributed by atoms with Crippen molar-refractivity contribution in [3.8, 4) is 0 Å². The molecule has 0 bridgehead atoms. The lowest BCUT2D eigenvalue weighted by Gasteiger charge is -2.13. The molecule has 2 fully saturated rings. The summed E-state index contributed by atoms with van der Waals surface area (Å²) in [7, 11) is 0. The van der Waals surface area contributed by atoms with Crippen LogP contribution in [0.25, 0.3) is 11.0 Å². The van der Waals surface area contributed by atoms with E-state index < -0.39 is 17.9 Å². The fraction of sp³-hybridized carbons (Fsp3) is 0.467. The molecule has 0 aliphatic carbocycles. The van der Waals surface area contributed by atoms with E-state index >= 15 is 0 Å². The second-order valence-corrected chi connectivity index (χ2v) is 6.83. The summed E-state index contributed by atoms with van der Waals surface area (Å²) in [5.74, 6) is -2.06. The monoisotopic (exact) mass is 356 g/mol. The van der Waals surface area contributed by atoms with Crippen LogP contribution in [0, 0.1) is 11.6 Å². The Balaban J connectivity index is 1.82. The van der Waals surface area contributed by atoms with Gasteiger partial charge in [-0.05, 0) is 12.5 Å². The van der Waals surface area contributed by atoms with Crippen LogP contribution in [0.2, 0.25) is 0 Å². The van der Waals surface area contributed by atoms with E-state index in [1.165, 1.54) is 22.7 Å². The number of aromatic nitrogens is 1. The van der Waals surface area contributed by atoms with E-state index in [4.69, 9.17) is 14.0 Å². The predicted octanol–water partition coefficient (Wildman–Crippen LogP) is 3.60. The van der Waals surface area contributed by atoms with Gasteiger partial charge in [0.1, 0.15) is 0 Å². The van der Waals surface area contributed by atoms with E-state index in [0.717, 1.165) is 6.42 Å². The van der Waals surface area contributed by atoms with Gasteiger partial charge in [-0.25, -0.2) is 4.39 Å². The van der Waals surface area contributed by atoms with Crippen LogP contribution >= 0.6 is 11.8 Å². The number of ether oxygens (including phenoxy) is 2. The van der Waals surface area contributed by atoms with Gasteiger partial charge < -0.3 is 14.0 Å². The largest absolute Gasteiger partial charge is 0.351 e. The smallest absolute Gasteiger partial charge is 0.287 e. The first-order chi connectivity index (χ1) is 11.6. The average molecular weight is 356 g/mol. The maximum atomic E-state index is 14.3. The van der Waals surface area contributed by atoms with E-state index in [1.54, 1.807) is 0 Å². The maximum absolute atomic E-state index is 14.3. The van der Waals surface area contributed by atoms with Crippen molar-refractivity contribution in [3.63, 3.8) is 0 Å². The number of thioether (sulfide) groups is 1. The standard InChI is InChI=1S/C15H14F2N2O4S/c1-2-7-6-19(15(20)24-7)13-9-5-8(14-21-3-4-22-14)10(16)11(17)12(9)23-18-13/h5,7,14H,2-4,6H2,1H3/t7-/m1/s1. The molecule has 0 unspecified atom stereocenters. The number of carbonyl (C=O) groups is 1. The van der Waals surface area contributed by atoms with E-state index in [9.17, 15) is 13.6 Å². The molecule has 1 aromatic carbocycles. The van der Waals surface area contributed by atoms with E-state index in [0.29, 0.717) is 19.8 Å². The highest BCUT2D eigenvalue weighted by atomic mass is 32.2. The number of carbonyl (C=O) groups excluding carboxylic acids is 1. The van der Waals surface area contributed by atoms with Gasteiger partial charge in [0.05, 0.1) is 18.6 Å². The molecule has 0 radical (unpaired) electrons. The average Bonchev–Trinajstić information content (AvgIpc) is 3.29. The molecule has 24 heavy (non-hydrogen) atoms. The molecule has 0 N–H and O–H groups in total. The molecule has 2 aliphatic heterocycles. The topological polar surface area (TPSA) is 64.8 Å². The normalized spacial score (nSPS) is 22.2. The zero-order valence-corrected chi connectivity index (χ0v) is 13.6. The Morgan fingerprint density at radius 1 is 1.33 bits per heavy atom. The molecule has 3 heterocycles. The zero-order chi connectivity index (χ0) is 16.8. The lowest BCUT2D eigenvalue weighted by atomic mass is 10.1. The van der Waals surface area contributed by atoms with Gasteiger partial charge in [-0.2, -0.15) is 4.39 Å². The molecule has 2 saturated heterocycles. The molecule has 2 aromatic rings. The van der Waals surface area contributed by atoms with Gasteiger partial charge in [0, 0.05) is 17.4 Å². The molecule has 128 valence electrons. The summed E-state index contributed by atoms with van der Waals surface area (Å²) >= 11 is 1.21. The van der Waals surface area contributed by atoms with Crippen molar-refractivity contribution < 1.29 is 27.6 Å². The molecule has 4 rings (SSSR count). The Bertz CT molecular complexity index is 806. The second kappa shape index (κ2) is 5.98. The summed E-state index contributed by atoms with van der Waals surface area (Å²) in [5, 5.41) is 3.98. The quantitative estimate of drug-likeness (QED) is 0.837. The van der Waals surface area contributed by atoms with E-state index in [-0.39, 0.29) is 32.8 Å². The molecule has 1 atom stereocenters. The Morgan fingerprint density at radius 2 is 2.08 bits per heavy atom. The van der Waals surface area contributed by atoms with Gasteiger partial charge in [-0.3, -0.25) is 9.69 Å². The Labute approximate surface area is 140 Å². The Morgan fingerprint density at radius 3 is 2.75 bits per heavy atom. The van der Waals surface area contributed by atoms with E-state index in [1.807, 2.05) is 6.92 Å². The van der Waals surface area contributed by atoms with E-state index in [2.05, 4.69) is 5.16 Å².